The van der Waals surface area contributed by atoms with Crippen LogP contribution in [0.15, 0.2) is 18.2 Å². The Labute approximate surface area is 133 Å². The fourth-order valence-corrected chi connectivity index (χ4v) is 4.37. The minimum absolute atomic E-state index is 0.299. The molecule has 1 unspecified atom stereocenters. The number of methoxy groups -OCH3 is 1. The standard InChI is InChI=1S/C17H28N2OS/c1-13-8-9-17(20-2)14(10-13)11-15(19-18)12-21-16-6-4-3-5-7-16/h8-10,15-16,19H,3-7,11-12,18H2,1-2H3. The van der Waals surface area contributed by atoms with Crippen molar-refractivity contribution in [1.82, 2.24) is 5.43 Å². The van der Waals surface area contributed by atoms with E-state index >= 15 is 0 Å². The van der Waals surface area contributed by atoms with Crippen LogP contribution in [0.5, 0.6) is 5.75 Å². The SMILES string of the molecule is COc1ccc(C)cc1CC(CSC1CCCCC1)NN. The van der Waals surface area contributed by atoms with Crippen LogP contribution in [0.3, 0.4) is 0 Å². The molecule has 4 heteroatoms. The summed E-state index contributed by atoms with van der Waals surface area (Å²) in [4.78, 5) is 0. The molecule has 21 heavy (non-hydrogen) atoms. The highest BCUT2D eigenvalue weighted by Crippen LogP contribution is 2.29. The molecule has 118 valence electrons. The molecule has 2 rings (SSSR count). The topological polar surface area (TPSA) is 47.3 Å². The lowest BCUT2D eigenvalue weighted by Gasteiger charge is -2.24. The Morgan fingerprint density at radius 1 is 1.33 bits per heavy atom. The van der Waals surface area contributed by atoms with Crippen LogP contribution < -0.4 is 16.0 Å². The van der Waals surface area contributed by atoms with Gasteiger partial charge in [0.15, 0.2) is 0 Å². The highest BCUT2D eigenvalue weighted by molar-refractivity contribution is 7.99. The van der Waals surface area contributed by atoms with E-state index in [0.717, 1.165) is 23.2 Å². The van der Waals surface area contributed by atoms with Crippen LogP contribution >= 0.6 is 11.8 Å². The van der Waals surface area contributed by atoms with Crippen LogP contribution in [0.2, 0.25) is 0 Å². The summed E-state index contributed by atoms with van der Waals surface area (Å²) in [6.07, 6.45) is 7.86. The first-order valence-corrected chi connectivity index (χ1v) is 8.99. The van der Waals surface area contributed by atoms with Crippen LogP contribution in [-0.2, 0) is 6.42 Å². The van der Waals surface area contributed by atoms with Crippen molar-refractivity contribution in [3.8, 4) is 5.75 Å². The molecule has 1 aliphatic rings. The lowest BCUT2D eigenvalue weighted by atomic mass is 10.0. The second kappa shape index (κ2) is 8.66. The van der Waals surface area contributed by atoms with Crippen LogP contribution in [0.1, 0.15) is 43.2 Å². The van der Waals surface area contributed by atoms with Gasteiger partial charge in [0.2, 0.25) is 0 Å². The van der Waals surface area contributed by atoms with Gasteiger partial charge < -0.3 is 4.74 Å². The molecule has 1 aliphatic carbocycles. The van der Waals surface area contributed by atoms with Crippen LogP contribution in [0.4, 0.5) is 0 Å². The third-order valence-electron chi connectivity index (χ3n) is 4.22. The molecule has 0 radical (unpaired) electrons. The molecule has 1 aromatic rings. The van der Waals surface area contributed by atoms with Gasteiger partial charge in [-0.05, 0) is 37.8 Å². The summed E-state index contributed by atoms with van der Waals surface area (Å²) in [5.74, 6) is 7.79. The molecule has 1 aromatic carbocycles. The first kappa shape index (κ1) is 16.7. The smallest absolute Gasteiger partial charge is 0.122 e. The van der Waals surface area contributed by atoms with Crippen molar-refractivity contribution in [1.29, 1.82) is 0 Å². The van der Waals surface area contributed by atoms with Gasteiger partial charge in [0.05, 0.1) is 7.11 Å². The molecule has 1 fully saturated rings. The van der Waals surface area contributed by atoms with Crippen molar-refractivity contribution in [2.75, 3.05) is 12.9 Å². The molecular weight excluding hydrogens is 280 g/mol. The number of hydrogen-bond acceptors (Lipinski definition) is 4. The van der Waals surface area contributed by atoms with E-state index in [1.165, 1.54) is 43.2 Å². The molecule has 0 aliphatic heterocycles. The van der Waals surface area contributed by atoms with Crippen LogP contribution in [-0.4, -0.2) is 24.2 Å². The second-order valence-corrected chi connectivity index (χ2v) is 7.31. The number of aryl methyl sites for hydroxylation is 1. The number of nitrogens with two attached hydrogens (primary N) is 1. The van der Waals surface area contributed by atoms with Crippen molar-refractivity contribution >= 4 is 11.8 Å². The van der Waals surface area contributed by atoms with Gasteiger partial charge in [0.1, 0.15) is 5.75 Å². The molecule has 0 heterocycles. The quantitative estimate of drug-likeness (QED) is 0.598. The van der Waals surface area contributed by atoms with Gasteiger partial charge in [0.25, 0.3) is 0 Å². The fraction of sp³-hybridized carbons (Fsp3) is 0.647. The Hall–Kier alpha value is -0.710. The summed E-state index contributed by atoms with van der Waals surface area (Å²) in [5.41, 5.74) is 5.49. The molecule has 0 aromatic heterocycles. The Balaban J connectivity index is 1.90. The Kier molecular flexibility index (Phi) is 6.87. The monoisotopic (exact) mass is 308 g/mol. The van der Waals surface area contributed by atoms with E-state index in [0.29, 0.717) is 6.04 Å². The lowest BCUT2D eigenvalue weighted by Crippen LogP contribution is -2.39. The van der Waals surface area contributed by atoms with Gasteiger partial charge in [-0.2, -0.15) is 11.8 Å². The zero-order valence-corrected chi connectivity index (χ0v) is 14.0. The van der Waals surface area contributed by atoms with Gasteiger partial charge >= 0.3 is 0 Å². The number of rotatable bonds is 7. The van der Waals surface area contributed by atoms with Crippen molar-refractivity contribution in [2.45, 2.75) is 56.7 Å². The van der Waals surface area contributed by atoms with Gasteiger partial charge in [0, 0.05) is 17.0 Å². The van der Waals surface area contributed by atoms with Crippen molar-refractivity contribution in [3.63, 3.8) is 0 Å². The molecule has 1 saturated carbocycles. The number of benzene rings is 1. The normalized spacial score (nSPS) is 17.7. The van der Waals surface area contributed by atoms with Crippen molar-refractivity contribution in [2.24, 2.45) is 5.84 Å². The maximum Gasteiger partial charge on any atom is 0.122 e. The first-order valence-electron chi connectivity index (χ1n) is 7.94. The predicted molar refractivity (Wildman–Crippen MR) is 91.9 cm³/mol. The molecule has 3 nitrogen and oxygen atoms in total. The molecule has 3 N–H and O–H groups in total. The number of thioether (sulfide) groups is 1. The average molecular weight is 308 g/mol. The highest BCUT2D eigenvalue weighted by Gasteiger charge is 2.17. The second-order valence-electron chi connectivity index (χ2n) is 5.98. The number of nitrogens with one attached hydrogen (secondary N) is 1. The van der Waals surface area contributed by atoms with Gasteiger partial charge in [-0.1, -0.05) is 37.0 Å². The molecular formula is C17H28N2OS. The summed E-state index contributed by atoms with van der Waals surface area (Å²) in [6, 6.07) is 6.64. The summed E-state index contributed by atoms with van der Waals surface area (Å²) < 4.78 is 5.46. The van der Waals surface area contributed by atoms with Crippen LogP contribution in [0, 0.1) is 6.92 Å². The molecule has 0 saturated heterocycles. The highest BCUT2D eigenvalue weighted by atomic mass is 32.2. The van der Waals surface area contributed by atoms with E-state index in [-0.39, 0.29) is 0 Å². The van der Waals surface area contributed by atoms with Gasteiger partial charge in [-0.25, -0.2) is 0 Å². The predicted octanol–water partition coefficient (Wildman–Crippen LogP) is 3.44. The Morgan fingerprint density at radius 3 is 2.76 bits per heavy atom. The number of hydrogen-bond donors (Lipinski definition) is 2. The molecule has 0 amide bonds. The van der Waals surface area contributed by atoms with E-state index in [1.807, 2.05) is 6.07 Å². The summed E-state index contributed by atoms with van der Waals surface area (Å²) in [5, 5.41) is 0.828. The Morgan fingerprint density at radius 2 is 2.10 bits per heavy atom. The van der Waals surface area contributed by atoms with Crippen molar-refractivity contribution in [3.05, 3.63) is 29.3 Å². The fourth-order valence-electron chi connectivity index (χ4n) is 2.98. The number of hydrazine groups is 1. The van der Waals surface area contributed by atoms with Crippen molar-refractivity contribution < 1.29 is 4.74 Å². The maximum absolute atomic E-state index is 5.76. The van der Waals surface area contributed by atoms with E-state index in [2.05, 4.69) is 36.2 Å². The third kappa shape index (κ3) is 5.20. The van der Waals surface area contributed by atoms with Gasteiger partial charge in [-0.3, -0.25) is 11.3 Å². The molecule has 1 atom stereocenters. The zero-order valence-electron chi connectivity index (χ0n) is 13.2. The van der Waals surface area contributed by atoms with E-state index in [1.54, 1.807) is 7.11 Å². The average Bonchev–Trinajstić information content (AvgIpc) is 2.52. The summed E-state index contributed by atoms with van der Waals surface area (Å²) >= 11 is 2.08. The third-order valence-corrected chi connectivity index (χ3v) is 5.76. The minimum Gasteiger partial charge on any atom is -0.496 e. The van der Waals surface area contributed by atoms with Gasteiger partial charge in [-0.15, -0.1) is 0 Å². The largest absolute Gasteiger partial charge is 0.496 e. The Bertz CT molecular complexity index is 433. The zero-order chi connectivity index (χ0) is 15.1. The van der Waals surface area contributed by atoms with Crippen LogP contribution in [0.25, 0.3) is 0 Å². The first-order chi connectivity index (χ1) is 10.2. The lowest BCUT2D eigenvalue weighted by molar-refractivity contribution is 0.406. The minimum atomic E-state index is 0.299. The molecule has 0 bridgehead atoms. The maximum atomic E-state index is 5.76. The number of ether oxygens (including phenoxy) is 1. The summed E-state index contributed by atoms with van der Waals surface area (Å²) in [7, 11) is 1.73. The summed E-state index contributed by atoms with van der Waals surface area (Å²) in [6.45, 7) is 2.12. The van der Waals surface area contributed by atoms with E-state index < -0.39 is 0 Å². The molecule has 0 spiro atoms. The van der Waals surface area contributed by atoms with E-state index in [9.17, 15) is 0 Å². The van der Waals surface area contributed by atoms with E-state index in [4.69, 9.17) is 10.6 Å².